The molecule has 2 fully saturated rings. The second kappa shape index (κ2) is 13.8. The normalized spacial score (nSPS) is 18.8. The molecule has 11 nitrogen and oxygen atoms in total. The van der Waals surface area contributed by atoms with Gasteiger partial charge in [0.05, 0.1) is 19.3 Å². The molecular formula is C35H45N5O6S. The molecule has 3 aromatic rings. The Bertz CT molecular complexity index is 1810. The number of piperazine rings is 1. The average Bonchev–Trinajstić information content (AvgIpc) is 3.29. The molecule has 3 heterocycles. The van der Waals surface area contributed by atoms with Gasteiger partial charge in [-0.15, -0.1) is 0 Å². The molecule has 2 aliphatic heterocycles. The number of carbonyl (C=O) groups excluding carboxylic acids is 2. The molecule has 2 aromatic carbocycles. The number of hydrogen-bond donors (Lipinski definition) is 2. The Morgan fingerprint density at radius 1 is 1.06 bits per heavy atom. The van der Waals surface area contributed by atoms with E-state index >= 15 is 0 Å². The van der Waals surface area contributed by atoms with E-state index in [1.165, 1.54) is 26.1 Å². The van der Waals surface area contributed by atoms with Crippen LogP contribution in [-0.4, -0.2) is 94.6 Å². The van der Waals surface area contributed by atoms with Gasteiger partial charge in [0.1, 0.15) is 5.75 Å². The summed E-state index contributed by atoms with van der Waals surface area (Å²) >= 11 is 0. The smallest absolute Gasteiger partial charge is 0.303 e. The lowest BCUT2D eigenvalue weighted by Gasteiger charge is -2.34. The van der Waals surface area contributed by atoms with E-state index in [2.05, 4.69) is 20.7 Å². The van der Waals surface area contributed by atoms with Crippen molar-refractivity contribution in [2.75, 3.05) is 54.6 Å². The lowest BCUT2D eigenvalue weighted by Crippen LogP contribution is -2.53. The molecule has 0 radical (unpaired) electrons. The third-order valence-electron chi connectivity index (χ3n) is 9.74. The summed E-state index contributed by atoms with van der Waals surface area (Å²) in [7, 11) is 2.09. The molecule has 252 valence electrons. The van der Waals surface area contributed by atoms with Gasteiger partial charge < -0.3 is 24.3 Å². The number of carbonyl (C=O) groups is 2. The largest absolute Gasteiger partial charge is 0.497 e. The van der Waals surface area contributed by atoms with E-state index in [1.807, 2.05) is 29.2 Å². The van der Waals surface area contributed by atoms with Crippen LogP contribution < -0.4 is 14.8 Å². The highest BCUT2D eigenvalue weighted by Crippen LogP contribution is 2.47. The van der Waals surface area contributed by atoms with Crippen LogP contribution >= 0.6 is 0 Å². The second-order valence-corrected chi connectivity index (χ2v) is 14.8. The zero-order valence-corrected chi connectivity index (χ0v) is 28.5. The molecule has 12 heteroatoms. The van der Waals surface area contributed by atoms with Crippen molar-refractivity contribution in [2.45, 2.75) is 57.0 Å². The van der Waals surface area contributed by atoms with Crippen molar-refractivity contribution >= 4 is 39.0 Å². The Balaban J connectivity index is 1.51. The quantitative estimate of drug-likeness (QED) is 0.353. The SMILES string of the molecule is COCCC1CN(C(=O)C2=Cc3cc(OC)ccc3-c3c(C4CCCCC4)c4ccc(C(=O)NS(=O)(=O)N(C)C)cc4n3C2)CCN1. The summed E-state index contributed by atoms with van der Waals surface area (Å²) < 4.78 is 41.3. The third-order valence-corrected chi connectivity index (χ3v) is 11.1. The summed E-state index contributed by atoms with van der Waals surface area (Å²) in [6.45, 7) is 2.81. The number of amides is 2. The van der Waals surface area contributed by atoms with E-state index < -0.39 is 16.1 Å². The minimum Gasteiger partial charge on any atom is -0.497 e. The van der Waals surface area contributed by atoms with Gasteiger partial charge in [0.25, 0.3) is 11.8 Å². The summed E-state index contributed by atoms with van der Waals surface area (Å²) in [4.78, 5) is 29.6. The van der Waals surface area contributed by atoms with Crippen LogP contribution in [0.3, 0.4) is 0 Å². The van der Waals surface area contributed by atoms with Crippen LogP contribution in [0, 0.1) is 0 Å². The summed E-state index contributed by atoms with van der Waals surface area (Å²) in [6, 6.07) is 11.6. The minimum atomic E-state index is -3.98. The molecule has 47 heavy (non-hydrogen) atoms. The standard InChI is InChI=1S/C35H45N5O6S/c1-38(2)47(43,44)37-34(41)24-10-12-30-31(20-24)40-21-26(35(42)39-16-15-36-27(22-39)14-17-45-3)18-25-19-28(46-4)11-13-29(25)33(40)32(30)23-8-6-5-7-9-23/h10-13,18-20,23,27,36H,5-9,14-17,21-22H2,1-4H3,(H,37,41). The number of rotatable bonds is 9. The second-order valence-electron chi connectivity index (χ2n) is 12.9. The molecule has 0 bridgehead atoms. The summed E-state index contributed by atoms with van der Waals surface area (Å²) in [5.41, 5.74) is 5.86. The molecule has 0 spiro atoms. The molecule has 1 atom stereocenters. The Hall–Kier alpha value is -3.71. The summed E-state index contributed by atoms with van der Waals surface area (Å²) in [5, 5.41) is 4.53. The van der Waals surface area contributed by atoms with Crippen LogP contribution in [-0.2, 0) is 26.3 Å². The average molecular weight is 664 g/mol. The van der Waals surface area contributed by atoms with Crippen LogP contribution in [0.4, 0.5) is 0 Å². The highest BCUT2D eigenvalue weighted by atomic mass is 32.2. The van der Waals surface area contributed by atoms with Gasteiger partial charge in [-0.3, -0.25) is 9.59 Å². The molecular weight excluding hydrogens is 618 g/mol. The van der Waals surface area contributed by atoms with E-state index in [0.717, 1.165) is 64.1 Å². The number of nitrogens with one attached hydrogen (secondary N) is 2. The van der Waals surface area contributed by atoms with Crippen LogP contribution in [0.15, 0.2) is 42.0 Å². The molecule has 1 unspecified atom stereocenters. The van der Waals surface area contributed by atoms with Crippen molar-refractivity contribution in [3.63, 3.8) is 0 Å². The van der Waals surface area contributed by atoms with E-state index in [9.17, 15) is 18.0 Å². The maximum Gasteiger partial charge on any atom is 0.303 e. The van der Waals surface area contributed by atoms with Gasteiger partial charge in [-0.1, -0.05) is 25.3 Å². The molecule has 6 rings (SSSR count). The van der Waals surface area contributed by atoms with Gasteiger partial charge >= 0.3 is 10.2 Å². The van der Waals surface area contributed by atoms with Crippen LogP contribution in [0.2, 0.25) is 0 Å². The third kappa shape index (κ3) is 6.69. The molecule has 1 aliphatic carbocycles. The van der Waals surface area contributed by atoms with Gasteiger partial charge in [0.2, 0.25) is 0 Å². The first-order valence-corrected chi connectivity index (χ1v) is 17.9. The Morgan fingerprint density at radius 2 is 1.85 bits per heavy atom. The topological polar surface area (TPSA) is 122 Å². The van der Waals surface area contributed by atoms with E-state index in [1.54, 1.807) is 26.4 Å². The number of benzene rings is 2. The highest BCUT2D eigenvalue weighted by Gasteiger charge is 2.33. The Morgan fingerprint density at radius 3 is 2.57 bits per heavy atom. The first-order chi connectivity index (χ1) is 22.6. The maximum absolute atomic E-state index is 14.4. The number of nitrogens with zero attached hydrogens (tertiary/aromatic N) is 3. The summed E-state index contributed by atoms with van der Waals surface area (Å²) in [5.74, 6) is 0.295. The van der Waals surface area contributed by atoms with Gasteiger partial charge in [-0.25, -0.2) is 4.72 Å². The van der Waals surface area contributed by atoms with Crippen LogP contribution in [0.25, 0.3) is 28.2 Å². The van der Waals surface area contributed by atoms with E-state index in [0.29, 0.717) is 50.0 Å². The zero-order chi connectivity index (χ0) is 33.3. The minimum absolute atomic E-state index is 0.0254. The number of aromatic nitrogens is 1. The number of methoxy groups -OCH3 is 2. The molecule has 2 N–H and O–H groups in total. The monoisotopic (exact) mass is 663 g/mol. The van der Waals surface area contributed by atoms with Gasteiger partial charge in [0.15, 0.2) is 0 Å². The number of hydrogen-bond acceptors (Lipinski definition) is 7. The van der Waals surface area contributed by atoms with Crippen LogP contribution in [0.1, 0.15) is 65.9 Å². The van der Waals surface area contributed by atoms with Crippen molar-refractivity contribution in [1.29, 1.82) is 0 Å². The van der Waals surface area contributed by atoms with Crippen molar-refractivity contribution in [2.24, 2.45) is 0 Å². The van der Waals surface area contributed by atoms with Crippen LogP contribution in [0.5, 0.6) is 5.75 Å². The highest BCUT2D eigenvalue weighted by molar-refractivity contribution is 7.87. The fourth-order valence-electron chi connectivity index (χ4n) is 7.25. The number of fused-ring (bicyclic) bond motifs is 5. The van der Waals surface area contributed by atoms with Gasteiger partial charge in [-0.2, -0.15) is 12.7 Å². The summed E-state index contributed by atoms with van der Waals surface area (Å²) in [6.07, 6.45) is 8.42. The molecule has 1 saturated heterocycles. The first-order valence-electron chi connectivity index (χ1n) is 16.4. The van der Waals surface area contributed by atoms with Gasteiger partial charge in [-0.05, 0) is 72.7 Å². The Kier molecular flexibility index (Phi) is 9.75. The zero-order valence-electron chi connectivity index (χ0n) is 27.7. The van der Waals surface area contributed by atoms with Crippen molar-refractivity contribution in [3.8, 4) is 17.0 Å². The molecule has 3 aliphatic rings. The first kappa shape index (κ1) is 33.2. The predicted octanol–water partition coefficient (Wildman–Crippen LogP) is 4.13. The van der Waals surface area contributed by atoms with Crippen molar-refractivity contribution in [1.82, 2.24) is 23.8 Å². The lowest BCUT2D eigenvalue weighted by atomic mass is 9.81. The maximum atomic E-state index is 14.4. The van der Waals surface area contributed by atoms with Gasteiger partial charge in [0, 0.05) is 81.1 Å². The molecule has 1 saturated carbocycles. The number of ether oxygens (including phenoxy) is 2. The van der Waals surface area contributed by atoms with E-state index in [-0.39, 0.29) is 17.5 Å². The van der Waals surface area contributed by atoms with Crippen molar-refractivity contribution < 1.29 is 27.5 Å². The lowest BCUT2D eigenvalue weighted by molar-refractivity contribution is -0.128. The Labute approximate surface area is 277 Å². The predicted molar refractivity (Wildman–Crippen MR) is 183 cm³/mol. The molecule has 2 amide bonds. The fraction of sp³-hybridized carbons (Fsp3) is 0.486. The fourth-order valence-corrected chi connectivity index (χ4v) is 7.78. The van der Waals surface area contributed by atoms with E-state index in [4.69, 9.17) is 9.47 Å². The van der Waals surface area contributed by atoms with Crippen molar-refractivity contribution in [3.05, 3.63) is 58.7 Å². The molecule has 1 aromatic heterocycles.